The topological polar surface area (TPSA) is 92.3 Å². The van der Waals surface area contributed by atoms with Crippen LogP contribution in [0.5, 0.6) is 0 Å². The number of carbonyl (C=O) groups is 1. The number of sulfonamides is 1. The molecule has 1 aromatic heterocycles. The first-order chi connectivity index (χ1) is 14.3. The van der Waals surface area contributed by atoms with Crippen LogP contribution in [0, 0.1) is 13.8 Å². The Labute approximate surface area is 184 Å². The predicted octanol–water partition coefficient (Wildman–Crippen LogP) is 4.10. The fraction of sp³-hybridized carbons (Fsp3) is 0.250. The molecule has 0 saturated heterocycles. The Balaban J connectivity index is 1.88. The number of carbonyl (C=O) groups excluding carboxylic acids is 1. The van der Waals surface area contributed by atoms with E-state index in [9.17, 15) is 13.2 Å². The summed E-state index contributed by atoms with van der Waals surface area (Å²) in [5.41, 5.74) is 2.35. The number of benzene rings is 2. The number of anilines is 2. The van der Waals surface area contributed by atoms with Gasteiger partial charge < -0.3 is 0 Å². The van der Waals surface area contributed by atoms with E-state index in [1.54, 1.807) is 36.4 Å². The molecule has 0 aliphatic rings. The minimum Gasteiger partial charge on any atom is -0.299 e. The molecule has 0 unspecified atom stereocenters. The molecule has 0 atom stereocenters. The average molecular weight is 463 g/mol. The van der Waals surface area contributed by atoms with Gasteiger partial charge in [0.25, 0.3) is 10.0 Å². The van der Waals surface area contributed by atoms with Crippen LogP contribution in [-0.2, 0) is 14.8 Å². The molecule has 0 aliphatic carbocycles. The summed E-state index contributed by atoms with van der Waals surface area (Å²) in [6.45, 7) is 5.42. The highest BCUT2D eigenvalue weighted by molar-refractivity contribution is 8.01. The zero-order valence-corrected chi connectivity index (χ0v) is 19.3. The number of thioether (sulfide) groups is 1. The van der Waals surface area contributed by atoms with Crippen molar-refractivity contribution in [2.75, 3.05) is 21.9 Å². The predicted molar refractivity (Wildman–Crippen MR) is 122 cm³/mol. The highest BCUT2D eigenvalue weighted by atomic mass is 32.2. The SMILES string of the molecule is CCSc1nnc(NC(=O)CN(c2ccc(C)cc2)S(=O)(=O)c2ccc(C)cc2)s1. The van der Waals surface area contributed by atoms with Crippen LogP contribution in [0.25, 0.3) is 0 Å². The maximum atomic E-state index is 13.3. The van der Waals surface area contributed by atoms with Gasteiger partial charge in [0.05, 0.1) is 10.6 Å². The van der Waals surface area contributed by atoms with Crippen LogP contribution in [0.2, 0.25) is 0 Å². The third-order valence-corrected chi connectivity index (χ3v) is 7.78. The average Bonchev–Trinajstić information content (AvgIpc) is 3.14. The zero-order valence-electron chi connectivity index (χ0n) is 16.8. The molecule has 0 saturated carbocycles. The Morgan fingerprint density at radius 1 is 1.03 bits per heavy atom. The van der Waals surface area contributed by atoms with Crippen molar-refractivity contribution in [1.82, 2.24) is 10.2 Å². The zero-order chi connectivity index (χ0) is 21.7. The van der Waals surface area contributed by atoms with Crippen LogP contribution in [0.4, 0.5) is 10.8 Å². The van der Waals surface area contributed by atoms with Gasteiger partial charge in [0, 0.05) is 0 Å². The van der Waals surface area contributed by atoms with Crippen molar-refractivity contribution in [2.24, 2.45) is 0 Å². The first kappa shape index (κ1) is 22.3. The molecular weight excluding hydrogens is 440 g/mol. The van der Waals surface area contributed by atoms with E-state index in [2.05, 4.69) is 15.5 Å². The van der Waals surface area contributed by atoms with E-state index in [4.69, 9.17) is 0 Å². The molecule has 0 fully saturated rings. The summed E-state index contributed by atoms with van der Waals surface area (Å²) in [6.07, 6.45) is 0. The van der Waals surface area contributed by atoms with Crippen molar-refractivity contribution < 1.29 is 13.2 Å². The van der Waals surface area contributed by atoms with Crippen molar-refractivity contribution in [3.8, 4) is 0 Å². The number of hydrogen-bond acceptors (Lipinski definition) is 7. The molecule has 3 aromatic rings. The van der Waals surface area contributed by atoms with Gasteiger partial charge in [-0.15, -0.1) is 10.2 Å². The van der Waals surface area contributed by atoms with Crippen molar-refractivity contribution in [2.45, 2.75) is 30.0 Å². The number of aryl methyl sites for hydroxylation is 2. The number of amides is 1. The Bertz CT molecular complexity index is 1110. The lowest BCUT2D eigenvalue weighted by molar-refractivity contribution is -0.114. The minimum absolute atomic E-state index is 0.124. The monoisotopic (exact) mass is 462 g/mol. The molecule has 0 bridgehead atoms. The molecule has 0 aliphatic heterocycles. The van der Waals surface area contributed by atoms with Gasteiger partial charge in [-0.1, -0.05) is 65.4 Å². The van der Waals surface area contributed by atoms with Gasteiger partial charge in [-0.25, -0.2) is 8.42 Å². The minimum atomic E-state index is -3.94. The maximum absolute atomic E-state index is 13.3. The van der Waals surface area contributed by atoms with Gasteiger partial charge in [0.15, 0.2) is 4.34 Å². The lowest BCUT2D eigenvalue weighted by Crippen LogP contribution is -2.38. The molecule has 158 valence electrons. The Morgan fingerprint density at radius 2 is 1.63 bits per heavy atom. The van der Waals surface area contributed by atoms with E-state index < -0.39 is 15.9 Å². The van der Waals surface area contributed by atoms with Gasteiger partial charge >= 0.3 is 0 Å². The highest BCUT2D eigenvalue weighted by Crippen LogP contribution is 2.26. The molecule has 2 aromatic carbocycles. The van der Waals surface area contributed by atoms with Crippen molar-refractivity contribution in [3.63, 3.8) is 0 Å². The van der Waals surface area contributed by atoms with E-state index in [0.717, 1.165) is 25.5 Å². The summed E-state index contributed by atoms with van der Waals surface area (Å²) >= 11 is 2.78. The van der Waals surface area contributed by atoms with Gasteiger partial charge in [0.1, 0.15) is 6.54 Å². The van der Waals surface area contributed by atoms with Crippen molar-refractivity contribution in [3.05, 3.63) is 59.7 Å². The fourth-order valence-electron chi connectivity index (χ4n) is 2.59. The molecule has 3 rings (SSSR count). The molecule has 1 N–H and O–H groups in total. The highest BCUT2D eigenvalue weighted by Gasteiger charge is 2.27. The molecule has 10 heteroatoms. The number of aromatic nitrogens is 2. The Hall–Kier alpha value is -2.43. The number of hydrogen-bond donors (Lipinski definition) is 1. The van der Waals surface area contributed by atoms with E-state index in [1.165, 1.54) is 23.1 Å². The number of nitrogens with zero attached hydrogens (tertiary/aromatic N) is 3. The summed E-state index contributed by atoms with van der Waals surface area (Å²) in [6, 6.07) is 13.5. The Morgan fingerprint density at radius 3 is 2.23 bits per heavy atom. The molecule has 1 amide bonds. The van der Waals surface area contributed by atoms with Gasteiger partial charge in [-0.3, -0.25) is 14.4 Å². The number of nitrogens with one attached hydrogen (secondary N) is 1. The summed E-state index contributed by atoms with van der Waals surface area (Å²) in [7, 11) is -3.94. The van der Waals surface area contributed by atoms with E-state index in [1.807, 2.05) is 32.9 Å². The molecular formula is C20H22N4O3S3. The number of rotatable bonds is 8. The molecule has 30 heavy (non-hydrogen) atoms. The van der Waals surface area contributed by atoms with Gasteiger partial charge in [-0.05, 0) is 43.9 Å². The van der Waals surface area contributed by atoms with E-state index >= 15 is 0 Å². The van der Waals surface area contributed by atoms with Crippen LogP contribution in [0.3, 0.4) is 0 Å². The smallest absolute Gasteiger partial charge is 0.264 e. The second-order valence-corrected chi connectivity index (χ2v) is 10.9. The van der Waals surface area contributed by atoms with Crippen LogP contribution in [-0.4, -0.2) is 36.8 Å². The van der Waals surface area contributed by atoms with Crippen molar-refractivity contribution in [1.29, 1.82) is 0 Å². The third kappa shape index (κ3) is 5.38. The summed E-state index contributed by atoms with van der Waals surface area (Å²) in [5, 5.41) is 10.9. The molecule has 1 heterocycles. The quantitative estimate of drug-likeness (QED) is 0.400. The van der Waals surface area contributed by atoms with Crippen LogP contribution < -0.4 is 9.62 Å². The van der Waals surface area contributed by atoms with Crippen LogP contribution in [0.1, 0.15) is 18.1 Å². The summed E-state index contributed by atoms with van der Waals surface area (Å²) in [5.74, 6) is 0.355. The summed E-state index contributed by atoms with van der Waals surface area (Å²) < 4.78 is 28.5. The maximum Gasteiger partial charge on any atom is 0.264 e. The molecule has 0 radical (unpaired) electrons. The third-order valence-electron chi connectivity index (χ3n) is 4.14. The van der Waals surface area contributed by atoms with E-state index in [0.29, 0.717) is 10.8 Å². The normalized spacial score (nSPS) is 11.3. The first-order valence-electron chi connectivity index (χ1n) is 9.22. The lowest BCUT2D eigenvalue weighted by Gasteiger charge is -2.24. The molecule has 0 spiro atoms. The van der Waals surface area contributed by atoms with Gasteiger partial charge in [-0.2, -0.15) is 0 Å². The van der Waals surface area contributed by atoms with Gasteiger partial charge in [0.2, 0.25) is 11.0 Å². The standard InChI is InChI=1S/C20H22N4O3S3/c1-4-28-20-23-22-19(29-20)21-18(25)13-24(16-9-5-14(2)6-10-16)30(26,27)17-11-7-15(3)8-12-17/h5-12H,4,13H2,1-3H3,(H,21,22,25). The van der Waals surface area contributed by atoms with Crippen LogP contribution in [0.15, 0.2) is 57.8 Å². The fourth-order valence-corrected chi connectivity index (χ4v) is 5.68. The van der Waals surface area contributed by atoms with E-state index in [-0.39, 0.29) is 11.4 Å². The van der Waals surface area contributed by atoms with Crippen LogP contribution >= 0.6 is 23.1 Å². The second kappa shape index (κ2) is 9.59. The largest absolute Gasteiger partial charge is 0.299 e. The van der Waals surface area contributed by atoms with Crippen molar-refractivity contribution >= 4 is 49.8 Å². The lowest BCUT2D eigenvalue weighted by atomic mass is 10.2. The first-order valence-corrected chi connectivity index (χ1v) is 12.5. The molecule has 7 nitrogen and oxygen atoms in total. The summed E-state index contributed by atoms with van der Waals surface area (Å²) in [4.78, 5) is 12.8. The second-order valence-electron chi connectivity index (χ2n) is 6.51. The Kier molecular flexibility index (Phi) is 7.11.